The maximum atomic E-state index is 13.1. The maximum absolute atomic E-state index is 13.1. The lowest BCUT2D eigenvalue weighted by Gasteiger charge is -2.27. The number of benzene rings is 2. The van der Waals surface area contributed by atoms with E-state index < -0.39 is 42.3 Å². The number of carbonyl (C=O) groups is 4. The molecule has 0 fully saturated rings. The summed E-state index contributed by atoms with van der Waals surface area (Å²) in [6.45, 7) is 4.64. The van der Waals surface area contributed by atoms with Gasteiger partial charge in [0.1, 0.15) is 6.04 Å². The van der Waals surface area contributed by atoms with Crippen LogP contribution in [0.25, 0.3) is 0 Å². The summed E-state index contributed by atoms with van der Waals surface area (Å²) in [5.74, 6) is -3.79. The van der Waals surface area contributed by atoms with E-state index >= 15 is 0 Å². The van der Waals surface area contributed by atoms with Gasteiger partial charge in [-0.2, -0.15) is 0 Å². The van der Waals surface area contributed by atoms with Crippen LogP contribution in [-0.2, 0) is 20.7 Å². The molecule has 0 bridgehead atoms. The molecule has 0 aliphatic carbocycles. The van der Waals surface area contributed by atoms with Crippen LogP contribution < -0.4 is 5.32 Å². The lowest BCUT2D eigenvalue weighted by molar-refractivity contribution is -0.152. The smallest absolute Gasteiger partial charge is 0.330 e. The number of anilines is 1. The minimum absolute atomic E-state index is 0.178. The van der Waals surface area contributed by atoms with Gasteiger partial charge in [0.05, 0.1) is 31.2 Å². The lowest BCUT2D eigenvalue weighted by Crippen LogP contribution is -2.49. The number of fused-ring (bicyclic) bond motifs is 1. The number of hydrogen-bond acceptors (Lipinski definition) is 5. The van der Waals surface area contributed by atoms with Crippen LogP contribution in [0.1, 0.15) is 47.1 Å². The summed E-state index contributed by atoms with van der Waals surface area (Å²) in [5, 5.41) is 1.78. The number of imide groups is 1. The number of nitrogens with zero attached hydrogens (tertiary/aromatic N) is 1. The number of carbonyl (C=O) groups excluding carboxylic acids is 4. The molecule has 1 aliphatic rings. The number of nitrogens with one attached hydrogen (secondary N) is 1. The van der Waals surface area contributed by atoms with Crippen LogP contribution in [0.3, 0.4) is 0 Å². The van der Waals surface area contributed by atoms with Crippen molar-refractivity contribution in [3.63, 3.8) is 0 Å². The molecule has 2 aromatic rings. The minimum Gasteiger partial charge on any atom is -0.454 e. The number of ether oxygens (including phenoxy) is 1. The second-order valence-corrected chi connectivity index (χ2v) is 9.39. The zero-order chi connectivity index (χ0) is 25.3. The molecule has 11 heteroatoms. The van der Waals surface area contributed by atoms with Gasteiger partial charge in [0.15, 0.2) is 6.61 Å². The van der Waals surface area contributed by atoms with Gasteiger partial charge in [0.2, 0.25) is 0 Å². The molecule has 180 valence electrons. The molecule has 0 spiro atoms. The van der Waals surface area contributed by atoms with E-state index in [2.05, 4.69) is 5.32 Å². The van der Waals surface area contributed by atoms with Crippen LogP contribution in [0.5, 0.6) is 0 Å². The topological polar surface area (TPSA) is 92.8 Å². The fraction of sp³-hybridized carbons (Fsp3) is 0.304. The Morgan fingerprint density at radius 2 is 1.41 bits per heavy atom. The average molecular weight is 546 g/mol. The highest BCUT2D eigenvalue weighted by Crippen LogP contribution is 2.45. The molecule has 3 amide bonds. The molecule has 34 heavy (non-hydrogen) atoms. The van der Waals surface area contributed by atoms with Crippen LogP contribution >= 0.6 is 46.4 Å². The summed E-state index contributed by atoms with van der Waals surface area (Å²) in [6.07, 6.45) is 0.856. The van der Waals surface area contributed by atoms with Crippen LogP contribution in [0.4, 0.5) is 5.69 Å². The van der Waals surface area contributed by atoms with Crippen molar-refractivity contribution in [1.82, 2.24) is 4.90 Å². The first-order valence-electron chi connectivity index (χ1n) is 10.3. The number of esters is 1. The highest BCUT2D eigenvalue weighted by Gasteiger charge is 2.48. The van der Waals surface area contributed by atoms with Crippen LogP contribution in [0.2, 0.25) is 20.1 Å². The number of hydrogen-bond donors (Lipinski definition) is 1. The third-order valence-corrected chi connectivity index (χ3v) is 7.08. The van der Waals surface area contributed by atoms with Crippen LogP contribution in [0, 0.1) is 5.92 Å². The fourth-order valence-corrected chi connectivity index (χ4v) is 4.55. The third kappa shape index (κ3) is 4.89. The lowest BCUT2D eigenvalue weighted by atomic mass is 10.0. The molecule has 0 aromatic heterocycles. The van der Waals surface area contributed by atoms with Gasteiger partial charge in [-0.15, -0.1) is 0 Å². The molecule has 0 saturated carbocycles. The van der Waals surface area contributed by atoms with Crippen molar-refractivity contribution in [2.75, 3.05) is 11.9 Å². The van der Waals surface area contributed by atoms with Gasteiger partial charge in [0.25, 0.3) is 17.7 Å². The van der Waals surface area contributed by atoms with Gasteiger partial charge in [-0.05, 0) is 30.0 Å². The summed E-state index contributed by atoms with van der Waals surface area (Å²) in [5.41, 5.74) is 1.17. The van der Waals surface area contributed by atoms with Gasteiger partial charge in [-0.1, -0.05) is 79.3 Å². The highest BCUT2D eigenvalue weighted by atomic mass is 35.5. The largest absolute Gasteiger partial charge is 0.454 e. The molecule has 1 N–H and O–H groups in total. The van der Waals surface area contributed by atoms with E-state index in [1.807, 2.05) is 19.1 Å². The predicted molar refractivity (Wildman–Crippen MR) is 131 cm³/mol. The molecule has 3 rings (SSSR count). The summed E-state index contributed by atoms with van der Waals surface area (Å²) in [6, 6.07) is 5.87. The Morgan fingerprint density at radius 3 is 1.85 bits per heavy atom. The summed E-state index contributed by atoms with van der Waals surface area (Å²) < 4.78 is 5.15. The first-order chi connectivity index (χ1) is 16.0. The Bertz CT molecular complexity index is 1130. The van der Waals surface area contributed by atoms with E-state index in [1.165, 1.54) is 0 Å². The van der Waals surface area contributed by atoms with Crippen molar-refractivity contribution in [2.45, 2.75) is 33.2 Å². The maximum Gasteiger partial charge on any atom is 0.330 e. The van der Waals surface area contributed by atoms with Crippen molar-refractivity contribution >= 4 is 75.8 Å². The number of rotatable bonds is 7. The van der Waals surface area contributed by atoms with Crippen molar-refractivity contribution in [3.05, 3.63) is 61.0 Å². The van der Waals surface area contributed by atoms with Gasteiger partial charge in [-0.3, -0.25) is 19.3 Å². The number of halogens is 4. The van der Waals surface area contributed by atoms with Crippen LogP contribution in [0.15, 0.2) is 24.3 Å². The number of amides is 3. The minimum atomic E-state index is -1.34. The quantitative estimate of drug-likeness (QED) is 0.209. The van der Waals surface area contributed by atoms with E-state index in [0.717, 1.165) is 12.0 Å². The standard InChI is InChI=1S/C23H20Cl4N2O5/c1-4-11-5-7-12(8-6-11)28-13(30)9-34-23(33)20(10(2)3)29-21(31)14-15(22(29)32)17(25)19(27)18(26)16(14)24/h5-8,10,20H,4,9H2,1-3H3,(H,28,30)/t20-/m0/s1. The number of aryl methyl sites for hydroxylation is 1. The van der Waals surface area contributed by atoms with Gasteiger partial charge in [-0.25, -0.2) is 4.79 Å². The van der Waals surface area contributed by atoms with Crippen molar-refractivity contribution in [1.29, 1.82) is 0 Å². The fourth-order valence-electron chi connectivity index (χ4n) is 3.54. The van der Waals surface area contributed by atoms with Gasteiger partial charge >= 0.3 is 5.97 Å². The molecule has 1 aliphatic heterocycles. The highest BCUT2D eigenvalue weighted by molar-refractivity contribution is 6.55. The summed E-state index contributed by atoms with van der Waals surface area (Å²) in [7, 11) is 0. The van der Waals surface area contributed by atoms with Crippen molar-refractivity contribution in [2.24, 2.45) is 5.92 Å². The molecule has 1 heterocycles. The van der Waals surface area contributed by atoms with Gasteiger partial charge < -0.3 is 10.1 Å². The van der Waals surface area contributed by atoms with E-state index in [0.29, 0.717) is 10.6 Å². The second kappa shape index (κ2) is 10.5. The van der Waals surface area contributed by atoms with Crippen LogP contribution in [-0.4, -0.2) is 41.2 Å². The second-order valence-electron chi connectivity index (χ2n) is 7.88. The molecular weight excluding hydrogens is 526 g/mol. The monoisotopic (exact) mass is 544 g/mol. The third-order valence-electron chi connectivity index (χ3n) is 5.28. The molecule has 0 saturated heterocycles. The Morgan fingerprint density at radius 1 is 0.912 bits per heavy atom. The summed E-state index contributed by atoms with van der Waals surface area (Å²) >= 11 is 24.4. The van der Waals surface area contributed by atoms with E-state index in [-0.39, 0.29) is 31.2 Å². The van der Waals surface area contributed by atoms with E-state index in [1.54, 1.807) is 26.0 Å². The van der Waals surface area contributed by atoms with Gasteiger partial charge in [0, 0.05) is 5.69 Å². The van der Waals surface area contributed by atoms with Crippen molar-refractivity contribution < 1.29 is 23.9 Å². The molecule has 0 radical (unpaired) electrons. The SMILES string of the molecule is CCc1ccc(NC(=O)COC(=O)[C@H](C(C)C)N2C(=O)c3c(Cl)c(Cl)c(Cl)c(Cl)c3C2=O)cc1. The Hall–Kier alpha value is -2.32. The van der Waals surface area contributed by atoms with E-state index in [4.69, 9.17) is 51.1 Å². The normalized spacial score (nSPS) is 13.8. The zero-order valence-corrected chi connectivity index (χ0v) is 21.4. The Balaban J connectivity index is 1.78. The molecule has 0 unspecified atom stereocenters. The first-order valence-corrected chi connectivity index (χ1v) is 11.8. The molecule has 7 nitrogen and oxygen atoms in total. The molecule has 2 aromatic carbocycles. The van der Waals surface area contributed by atoms with Crippen molar-refractivity contribution in [3.8, 4) is 0 Å². The predicted octanol–water partition coefficient (Wildman–Crippen LogP) is 5.67. The zero-order valence-electron chi connectivity index (χ0n) is 18.4. The Kier molecular flexibility index (Phi) is 8.14. The summed E-state index contributed by atoms with van der Waals surface area (Å²) in [4.78, 5) is 52.1. The first kappa shape index (κ1) is 26.3. The molecule has 1 atom stereocenters. The molecular formula is C23H20Cl4N2O5. The average Bonchev–Trinajstić information content (AvgIpc) is 3.05. The van der Waals surface area contributed by atoms with E-state index in [9.17, 15) is 19.2 Å². The Labute approximate surface area is 216 Å².